The molecule has 4 heterocycles. The van der Waals surface area contributed by atoms with Gasteiger partial charge in [0.05, 0.1) is 22.9 Å². The Morgan fingerprint density at radius 2 is 2.03 bits per heavy atom. The molecule has 0 bridgehead atoms. The van der Waals surface area contributed by atoms with Crippen LogP contribution in [0.3, 0.4) is 0 Å². The molecule has 0 radical (unpaired) electrons. The van der Waals surface area contributed by atoms with Crippen molar-refractivity contribution in [2.45, 2.75) is 19.9 Å². The number of anilines is 1. The molecule has 4 rings (SSSR count). The number of piperazine rings is 1. The van der Waals surface area contributed by atoms with Crippen LogP contribution in [0.15, 0.2) is 41.5 Å². The lowest BCUT2D eigenvalue weighted by molar-refractivity contribution is 0.0958. The first-order chi connectivity index (χ1) is 15.7. The molecule has 8 heteroatoms. The van der Waals surface area contributed by atoms with Crippen molar-refractivity contribution >= 4 is 22.6 Å². The normalized spacial score (nSPS) is 16.7. The number of H-pyrrole nitrogens is 1. The van der Waals surface area contributed by atoms with Crippen molar-refractivity contribution in [2.24, 2.45) is 0 Å². The minimum Gasteiger partial charge on any atom is -0.368 e. The van der Waals surface area contributed by atoms with Gasteiger partial charge in [-0.15, -0.1) is 0 Å². The van der Waals surface area contributed by atoms with Crippen LogP contribution in [0.2, 0.25) is 0 Å². The Bertz CT molecular complexity index is 1200. The summed E-state index contributed by atoms with van der Waals surface area (Å²) in [5, 5.41) is 1.94. The van der Waals surface area contributed by atoms with Gasteiger partial charge in [0, 0.05) is 55.6 Å². The van der Waals surface area contributed by atoms with Crippen molar-refractivity contribution < 1.29 is 8.91 Å². The van der Waals surface area contributed by atoms with Gasteiger partial charge in [-0.05, 0) is 36.2 Å². The zero-order valence-corrected chi connectivity index (χ0v) is 16.8. The number of pyridine rings is 3. The number of fused-ring (bicyclic) bond motifs is 1. The summed E-state index contributed by atoms with van der Waals surface area (Å²) in [5.74, 6) is -0.720. The molecular formula is C22H26N6O2. The van der Waals surface area contributed by atoms with E-state index in [1.54, 1.807) is 12.3 Å². The number of nitrogens with one attached hydrogen (secondary N) is 2. The summed E-state index contributed by atoms with van der Waals surface area (Å²) in [7, 11) is 0. The average molecular weight is 410 g/mol. The molecular weight excluding hydrogens is 380 g/mol. The second-order valence-electron chi connectivity index (χ2n) is 7.37. The molecule has 30 heavy (non-hydrogen) atoms. The van der Waals surface area contributed by atoms with Crippen LogP contribution in [0.4, 0.5) is 5.69 Å². The summed E-state index contributed by atoms with van der Waals surface area (Å²) in [4.78, 5) is 40.1. The third-order valence-electron chi connectivity index (χ3n) is 5.44. The number of aryl methyl sites for hydroxylation is 1. The van der Waals surface area contributed by atoms with Gasteiger partial charge in [-0.25, -0.2) is 4.98 Å². The topological polar surface area (TPSA) is 94.2 Å². The van der Waals surface area contributed by atoms with Gasteiger partial charge in [-0.3, -0.25) is 19.5 Å². The molecule has 0 spiro atoms. The van der Waals surface area contributed by atoms with E-state index in [0.29, 0.717) is 6.42 Å². The van der Waals surface area contributed by atoms with Crippen molar-refractivity contribution in [1.82, 2.24) is 25.2 Å². The first-order valence-corrected chi connectivity index (χ1v) is 9.98. The number of amides is 1. The number of aromatic amines is 1. The van der Waals surface area contributed by atoms with Crippen LogP contribution in [0.5, 0.6) is 0 Å². The lowest BCUT2D eigenvalue weighted by Gasteiger charge is -2.36. The van der Waals surface area contributed by atoms with Gasteiger partial charge in [0.25, 0.3) is 11.5 Å². The van der Waals surface area contributed by atoms with Crippen LogP contribution in [0, 0.1) is 0 Å². The molecule has 1 aliphatic rings. The monoisotopic (exact) mass is 409 g/mol. The average Bonchev–Trinajstić information content (AvgIpc) is 2.78. The number of hydrogen-bond acceptors (Lipinski definition) is 6. The highest BCUT2D eigenvalue weighted by atomic mass is 16.1. The summed E-state index contributed by atoms with van der Waals surface area (Å²) in [5.41, 5.74) is 4.22. The Morgan fingerprint density at radius 3 is 2.73 bits per heavy atom. The van der Waals surface area contributed by atoms with Crippen LogP contribution >= 0.6 is 0 Å². The quantitative estimate of drug-likeness (QED) is 0.664. The van der Waals surface area contributed by atoms with Crippen molar-refractivity contribution in [1.29, 1.82) is 0 Å². The largest absolute Gasteiger partial charge is 0.368 e. The van der Waals surface area contributed by atoms with E-state index in [2.05, 4.69) is 24.8 Å². The number of nitrogens with zero attached hydrogens (tertiary/aromatic N) is 4. The van der Waals surface area contributed by atoms with Gasteiger partial charge in [0.1, 0.15) is 5.69 Å². The van der Waals surface area contributed by atoms with Crippen LogP contribution in [0.1, 0.15) is 32.7 Å². The predicted molar refractivity (Wildman–Crippen MR) is 117 cm³/mol. The lowest BCUT2D eigenvalue weighted by atomic mass is 10.1. The second kappa shape index (κ2) is 8.62. The standard InChI is InChI=1S/C22H26N6O2/c1-3-16-11-19-20(26-21(16)29)10-15(12-24-19)14-27-6-8-28(9-7-27)17-4-5-18(25-13-17)22(30)23-2/h4-5,10-13H,3,6-9,14H2,1-2H3,(H,23,30)(H,26,29)/i2D3. The number of carbonyl (C=O) groups excluding carboxylic acids is 1. The molecule has 0 aromatic carbocycles. The number of rotatable bonds is 5. The molecule has 3 aromatic heterocycles. The van der Waals surface area contributed by atoms with Crippen molar-refractivity contribution in [2.75, 3.05) is 38.1 Å². The molecule has 0 saturated carbocycles. The summed E-state index contributed by atoms with van der Waals surface area (Å²) in [6.07, 6.45) is 4.13. The van der Waals surface area contributed by atoms with Crippen LogP contribution in [0.25, 0.3) is 11.0 Å². The predicted octanol–water partition coefficient (Wildman–Crippen LogP) is 1.56. The minimum absolute atomic E-state index is 0.0620. The zero-order chi connectivity index (χ0) is 23.6. The van der Waals surface area contributed by atoms with E-state index < -0.39 is 12.9 Å². The molecule has 3 aromatic rings. The molecule has 1 amide bonds. The molecule has 0 atom stereocenters. The molecule has 1 saturated heterocycles. The van der Waals surface area contributed by atoms with E-state index in [4.69, 9.17) is 4.11 Å². The molecule has 1 aliphatic heterocycles. The summed E-state index contributed by atoms with van der Waals surface area (Å²) < 4.78 is 21.4. The van der Waals surface area contributed by atoms with Crippen molar-refractivity contribution in [3.8, 4) is 0 Å². The van der Waals surface area contributed by atoms with Gasteiger partial charge in [-0.1, -0.05) is 6.92 Å². The maximum Gasteiger partial charge on any atom is 0.269 e. The van der Waals surface area contributed by atoms with Crippen LogP contribution in [-0.4, -0.2) is 58.9 Å². The fourth-order valence-corrected chi connectivity index (χ4v) is 3.71. The van der Waals surface area contributed by atoms with E-state index in [-0.39, 0.29) is 11.3 Å². The molecule has 1 fully saturated rings. The van der Waals surface area contributed by atoms with E-state index in [9.17, 15) is 9.59 Å². The summed E-state index contributed by atoms with van der Waals surface area (Å²) in [6, 6.07) is 7.16. The van der Waals surface area contributed by atoms with Crippen molar-refractivity contribution in [3.63, 3.8) is 0 Å². The Labute approximate surface area is 179 Å². The van der Waals surface area contributed by atoms with Gasteiger partial charge in [-0.2, -0.15) is 0 Å². The van der Waals surface area contributed by atoms with E-state index in [1.807, 2.05) is 30.6 Å². The van der Waals surface area contributed by atoms with Crippen molar-refractivity contribution in [3.05, 3.63) is 63.8 Å². The maximum absolute atomic E-state index is 12.1. The first kappa shape index (κ1) is 16.5. The first-order valence-electron chi connectivity index (χ1n) is 11.5. The Hall–Kier alpha value is -3.26. The van der Waals surface area contributed by atoms with Gasteiger partial charge >= 0.3 is 0 Å². The summed E-state index contributed by atoms with van der Waals surface area (Å²) >= 11 is 0. The third-order valence-corrected chi connectivity index (χ3v) is 5.44. The Morgan fingerprint density at radius 1 is 1.20 bits per heavy atom. The third kappa shape index (κ3) is 4.18. The number of aromatic nitrogens is 3. The summed E-state index contributed by atoms with van der Waals surface area (Å²) in [6.45, 7) is 3.41. The van der Waals surface area contributed by atoms with E-state index >= 15 is 0 Å². The minimum atomic E-state index is -2.54. The highest BCUT2D eigenvalue weighted by Crippen LogP contribution is 2.18. The maximum atomic E-state index is 12.1. The second-order valence-corrected chi connectivity index (χ2v) is 7.37. The van der Waals surface area contributed by atoms with E-state index in [0.717, 1.165) is 60.6 Å². The molecule has 0 aliphatic carbocycles. The molecule has 0 unspecified atom stereocenters. The van der Waals surface area contributed by atoms with Gasteiger partial charge < -0.3 is 15.2 Å². The van der Waals surface area contributed by atoms with Gasteiger partial charge in [0.15, 0.2) is 0 Å². The Kier molecular flexibility index (Phi) is 4.75. The highest BCUT2D eigenvalue weighted by molar-refractivity contribution is 5.92. The number of hydrogen-bond donors (Lipinski definition) is 2. The Balaban J connectivity index is 1.35. The SMILES string of the molecule is [2H]C([2H])([2H])NC(=O)c1ccc(N2CCN(Cc3cnc4cc(CC)c(=O)[nH]c4c3)CC2)cn1. The smallest absolute Gasteiger partial charge is 0.269 e. The van der Waals surface area contributed by atoms with Crippen LogP contribution in [-0.2, 0) is 13.0 Å². The molecule has 2 N–H and O–H groups in total. The highest BCUT2D eigenvalue weighted by Gasteiger charge is 2.18. The van der Waals surface area contributed by atoms with E-state index in [1.165, 1.54) is 6.07 Å². The van der Waals surface area contributed by atoms with Gasteiger partial charge in [0.2, 0.25) is 0 Å². The zero-order valence-electron chi connectivity index (χ0n) is 19.8. The molecule has 8 nitrogen and oxygen atoms in total. The fourth-order valence-electron chi connectivity index (χ4n) is 3.71. The molecule has 156 valence electrons. The van der Waals surface area contributed by atoms with Crippen LogP contribution < -0.4 is 15.8 Å². The number of carbonyl (C=O) groups is 1. The lowest BCUT2D eigenvalue weighted by Crippen LogP contribution is -2.46. The fraction of sp³-hybridized carbons (Fsp3) is 0.364.